The minimum absolute atomic E-state index is 0.0545. The summed E-state index contributed by atoms with van der Waals surface area (Å²) in [5, 5.41) is 6.05. The third-order valence-electron chi connectivity index (χ3n) is 9.40. The standard InChI is InChI=1S/C40H55N5O5S/c1-27(10-8-13-34(41)46)50-25-31-17-15-29(16-18-31)11-6-7-14-35(47)44-37(40(3,4)5)39(49)45-23-9-12-33(45)38(48)42-24-30-19-21-32(22-20-30)36-28(2)43-26-51-36/h15-22,26-27,33,37H,6-14,23-25H2,1-5H3,(H2,41,46)(H,42,48)(H,44,47)/t27-,33+,37-/m1/s1. The normalized spacial score (nSPS) is 15.7. The van der Waals surface area contributed by atoms with Crippen LogP contribution in [-0.2, 0) is 43.5 Å². The van der Waals surface area contributed by atoms with Crippen molar-refractivity contribution in [2.24, 2.45) is 11.1 Å². The molecule has 0 aliphatic carbocycles. The van der Waals surface area contributed by atoms with Gasteiger partial charge in [0.05, 0.1) is 28.8 Å². The van der Waals surface area contributed by atoms with Crippen molar-refractivity contribution >= 4 is 35.0 Å². The molecule has 0 saturated carbocycles. The molecule has 0 unspecified atom stereocenters. The number of amides is 4. The summed E-state index contributed by atoms with van der Waals surface area (Å²) in [6.07, 6.45) is 6.00. The largest absolute Gasteiger partial charge is 0.374 e. The first-order valence-electron chi connectivity index (χ1n) is 18.2. The highest BCUT2D eigenvalue weighted by atomic mass is 32.1. The Bertz CT molecular complexity index is 1600. The number of carbonyl (C=O) groups is 4. The first kappa shape index (κ1) is 39.7. The highest BCUT2D eigenvalue weighted by Crippen LogP contribution is 2.28. The SMILES string of the molecule is Cc1ncsc1-c1ccc(CNC(=O)[C@@H]2CCCN2C(=O)[C@@H](NC(=O)CCCCc2ccc(CO[C@H](C)CCCC(N)=O)cc2)C(C)(C)C)cc1. The van der Waals surface area contributed by atoms with E-state index < -0.39 is 17.5 Å². The maximum Gasteiger partial charge on any atom is 0.246 e. The molecule has 276 valence electrons. The number of nitrogens with zero attached hydrogens (tertiary/aromatic N) is 2. The van der Waals surface area contributed by atoms with Crippen LogP contribution >= 0.6 is 11.3 Å². The molecular weight excluding hydrogens is 663 g/mol. The number of nitrogens with one attached hydrogen (secondary N) is 2. The number of primary amides is 1. The molecule has 4 amide bonds. The molecule has 0 bridgehead atoms. The fourth-order valence-corrected chi connectivity index (χ4v) is 7.12. The number of hydrogen-bond donors (Lipinski definition) is 3. The Morgan fingerprint density at radius 3 is 2.31 bits per heavy atom. The molecular formula is C40H55N5O5S. The van der Waals surface area contributed by atoms with Gasteiger partial charge < -0.3 is 26.0 Å². The predicted octanol–water partition coefficient (Wildman–Crippen LogP) is 6.23. The van der Waals surface area contributed by atoms with Gasteiger partial charge in [-0.25, -0.2) is 4.98 Å². The van der Waals surface area contributed by atoms with E-state index in [1.807, 2.05) is 64.4 Å². The minimum atomic E-state index is -0.734. The number of ether oxygens (including phenoxy) is 1. The maximum absolute atomic E-state index is 13.9. The lowest BCUT2D eigenvalue weighted by Crippen LogP contribution is -2.57. The van der Waals surface area contributed by atoms with Crippen molar-refractivity contribution in [2.45, 2.75) is 124 Å². The first-order chi connectivity index (χ1) is 24.3. The molecule has 4 N–H and O–H groups in total. The Hall–Kier alpha value is -4.09. The van der Waals surface area contributed by atoms with E-state index in [1.165, 1.54) is 5.56 Å². The van der Waals surface area contributed by atoms with Gasteiger partial charge in [-0.1, -0.05) is 69.3 Å². The molecule has 1 aliphatic rings. The quantitative estimate of drug-likeness (QED) is 0.133. The molecule has 2 aromatic carbocycles. The molecule has 2 heterocycles. The molecule has 1 fully saturated rings. The molecule has 1 aliphatic heterocycles. The molecule has 1 aromatic heterocycles. The van der Waals surface area contributed by atoms with Gasteiger partial charge in [0.15, 0.2) is 0 Å². The second-order valence-electron chi connectivity index (χ2n) is 14.7. The number of aromatic nitrogens is 1. The maximum atomic E-state index is 13.9. The van der Waals surface area contributed by atoms with E-state index in [4.69, 9.17) is 10.5 Å². The predicted molar refractivity (Wildman–Crippen MR) is 202 cm³/mol. The van der Waals surface area contributed by atoms with Crippen molar-refractivity contribution in [3.63, 3.8) is 0 Å². The lowest BCUT2D eigenvalue weighted by atomic mass is 9.85. The lowest BCUT2D eigenvalue weighted by molar-refractivity contribution is -0.143. The summed E-state index contributed by atoms with van der Waals surface area (Å²) in [7, 11) is 0. The van der Waals surface area contributed by atoms with Crippen molar-refractivity contribution in [2.75, 3.05) is 6.54 Å². The van der Waals surface area contributed by atoms with Crippen LogP contribution in [0.25, 0.3) is 10.4 Å². The van der Waals surface area contributed by atoms with Gasteiger partial charge in [-0.15, -0.1) is 11.3 Å². The van der Waals surface area contributed by atoms with E-state index in [2.05, 4.69) is 39.9 Å². The average molecular weight is 718 g/mol. The fraction of sp³-hybridized carbons (Fsp3) is 0.525. The zero-order valence-electron chi connectivity index (χ0n) is 30.8. The van der Waals surface area contributed by atoms with Gasteiger partial charge in [-0.05, 0) is 86.5 Å². The van der Waals surface area contributed by atoms with Crippen LogP contribution in [0.2, 0.25) is 0 Å². The van der Waals surface area contributed by atoms with Crippen LogP contribution < -0.4 is 16.4 Å². The van der Waals surface area contributed by atoms with E-state index in [-0.39, 0.29) is 29.7 Å². The zero-order valence-corrected chi connectivity index (χ0v) is 31.7. The van der Waals surface area contributed by atoms with Crippen molar-refractivity contribution in [1.29, 1.82) is 0 Å². The van der Waals surface area contributed by atoms with Gasteiger partial charge in [-0.3, -0.25) is 19.2 Å². The number of hydrogen-bond acceptors (Lipinski definition) is 7. The van der Waals surface area contributed by atoms with Crippen molar-refractivity contribution in [3.8, 4) is 10.4 Å². The van der Waals surface area contributed by atoms with Crippen LogP contribution in [-0.4, -0.2) is 58.2 Å². The lowest BCUT2D eigenvalue weighted by Gasteiger charge is -2.35. The van der Waals surface area contributed by atoms with E-state index >= 15 is 0 Å². The Kier molecular flexibility index (Phi) is 14.7. The van der Waals surface area contributed by atoms with Crippen molar-refractivity contribution < 1.29 is 23.9 Å². The van der Waals surface area contributed by atoms with Crippen molar-refractivity contribution in [3.05, 3.63) is 76.4 Å². The molecule has 0 radical (unpaired) electrons. The van der Waals surface area contributed by atoms with Gasteiger partial charge in [0.2, 0.25) is 23.6 Å². The molecule has 3 atom stereocenters. The van der Waals surface area contributed by atoms with Gasteiger partial charge >= 0.3 is 0 Å². The van der Waals surface area contributed by atoms with Crippen LogP contribution in [0.15, 0.2) is 54.0 Å². The number of aryl methyl sites for hydroxylation is 2. The number of carbonyl (C=O) groups excluding carboxylic acids is 4. The number of nitrogens with two attached hydrogens (primary N) is 1. The summed E-state index contributed by atoms with van der Waals surface area (Å²) >= 11 is 1.61. The first-order valence-corrected chi connectivity index (χ1v) is 19.0. The van der Waals surface area contributed by atoms with E-state index in [1.54, 1.807) is 16.2 Å². The van der Waals surface area contributed by atoms with Gasteiger partial charge in [-0.2, -0.15) is 0 Å². The molecule has 51 heavy (non-hydrogen) atoms. The second kappa shape index (κ2) is 18.9. The third kappa shape index (κ3) is 12.3. The number of benzene rings is 2. The summed E-state index contributed by atoms with van der Waals surface area (Å²) in [6, 6.07) is 15.1. The van der Waals surface area contributed by atoms with Crippen LogP contribution in [0.3, 0.4) is 0 Å². The minimum Gasteiger partial charge on any atom is -0.374 e. The number of thiazole rings is 1. The number of unbranched alkanes of at least 4 members (excludes halogenated alkanes) is 1. The smallest absolute Gasteiger partial charge is 0.246 e. The summed E-state index contributed by atoms with van der Waals surface area (Å²) in [4.78, 5) is 58.3. The van der Waals surface area contributed by atoms with Gasteiger partial charge in [0.1, 0.15) is 12.1 Å². The average Bonchev–Trinajstić information content (AvgIpc) is 3.76. The topological polar surface area (TPSA) is 144 Å². The summed E-state index contributed by atoms with van der Waals surface area (Å²) in [5.74, 6) is -0.817. The fourth-order valence-electron chi connectivity index (χ4n) is 6.31. The van der Waals surface area contributed by atoms with E-state index in [0.29, 0.717) is 45.4 Å². The Morgan fingerprint density at radius 1 is 0.980 bits per heavy atom. The molecule has 0 spiro atoms. The Morgan fingerprint density at radius 2 is 1.67 bits per heavy atom. The van der Waals surface area contributed by atoms with Gasteiger partial charge in [0, 0.05) is 25.9 Å². The molecule has 4 rings (SSSR count). The molecule has 3 aromatic rings. The van der Waals surface area contributed by atoms with Crippen LogP contribution in [0.4, 0.5) is 0 Å². The van der Waals surface area contributed by atoms with Crippen LogP contribution in [0, 0.1) is 12.3 Å². The monoisotopic (exact) mass is 717 g/mol. The molecule has 1 saturated heterocycles. The molecule has 11 heteroatoms. The highest BCUT2D eigenvalue weighted by Gasteiger charge is 2.41. The van der Waals surface area contributed by atoms with Crippen molar-refractivity contribution in [1.82, 2.24) is 20.5 Å². The summed E-state index contributed by atoms with van der Waals surface area (Å²) in [6.45, 7) is 11.2. The highest BCUT2D eigenvalue weighted by molar-refractivity contribution is 7.13. The zero-order chi connectivity index (χ0) is 37.0. The van der Waals surface area contributed by atoms with Gasteiger partial charge in [0.25, 0.3) is 0 Å². The summed E-state index contributed by atoms with van der Waals surface area (Å²) in [5.41, 5.74) is 11.9. The number of rotatable bonds is 18. The van der Waals surface area contributed by atoms with Crippen LogP contribution in [0.5, 0.6) is 0 Å². The Labute approximate surface area is 306 Å². The Balaban J connectivity index is 1.20. The number of likely N-dealkylation sites (tertiary alicyclic amines) is 1. The third-order valence-corrected chi connectivity index (χ3v) is 10.4. The van der Waals surface area contributed by atoms with E-state index in [0.717, 1.165) is 59.4 Å². The summed E-state index contributed by atoms with van der Waals surface area (Å²) < 4.78 is 5.90. The molecule has 10 nitrogen and oxygen atoms in total. The van der Waals surface area contributed by atoms with E-state index in [9.17, 15) is 19.2 Å². The second-order valence-corrected chi connectivity index (χ2v) is 15.6. The van der Waals surface area contributed by atoms with Crippen LogP contribution in [0.1, 0.15) is 101 Å².